The molecule has 1 saturated carbocycles. The second-order valence-corrected chi connectivity index (χ2v) is 5.54. The van der Waals surface area contributed by atoms with Crippen molar-refractivity contribution in [3.05, 3.63) is 0 Å². The monoisotopic (exact) mass is 310 g/mol. The van der Waals surface area contributed by atoms with Gasteiger partial charge in [-0.05, 0) is 45.7 Å². The molecule has 0 saturated heterocycles. The van der Waals surface area contributed by atoms with E-state index < -0.39 is 24.2 Å². The van der Waals surface area contributed by atoms with Crippen molar-refractivity contribution in [2.75, 3.05) is 33.3 Å². The molecule has 4 nitrogen and oxygen atoms in total. The Morgan fingerprint density at radius 3 is 2.29 bits per heavy atom. The highest BCUT2D eigenvalue weighted by Crippen LogP contribution is 2.41. The molecular weight excluding hydrogens is 285 g/mol. The Labute approximate surface area is 124 Å². The minimum Gasteiger partial charge on any atom is -0.465 e. The maximum absolute atomic E-state index is 12.7. The Morgan fingerprint density at radius 2 is 1.90 bits per heavy atom. The molecule has 1 unspecified atom stereocenters. The molecule has 1 rings (SSSR count). The molecular formula is C14H25F3N2O2. The van der Waals surface area contributed by atoms with Crippen LogP contribution in [0.4, 0.5) is 13.2 Å². The van der Waals surface area contributed by atoms with Crippen LogP contribution in [0.1, 0.15) is 33.1 Å². The van der Waals surface area contributed by atoms with E-state index >= 15 is 0 Å². The molecule has 0 radical (unpaired) electrons. The number of nitrogens with zero attached hydrogens (tertiary/aromatic N) is 1. The first-order valence-electron chi connectivity index (χ1n) is 7.44. The van der Waals surface area contributed by atoms with Gasteiger partial charge in [-0.2, -0.15) is 13.2 Å². The molecule has 7 heteroatoms. The smallest absolute Gasteiger partial charge is 0.401 e. The summed E-state index contributed by atoms with van der Waals surface area (Å²) < 4.78 is 43.2. The summed E-state index contributed by atoms with van der Waals surface area (Å²) in [7, 11) is 1.62. The molecule has 0 amide bonds. The highest BCUT2D eigenvalue weighted by atomic mass is 19.4. The van der Waals surface area contributed by atoms with Gasteiger partial charge in [0, 0.05) is 6.54 Å². The van der Waals surface area contributed by atoms with Gasteiger partial charge in [-0.15, -0.1) is 0 Å². The van der Waals surface area contributed by atoms with Gasteiger partial charge in [0.25, 0.3) is 0 Å². The zero-order valence-corrected chi connectivity index (χ0v) is 12.9. The third kappa shape index (κ3) is 5.14. The normalized spacial score (nSPS) is 18.6. The van der Waals surface area contributed by atoms with Gasteiger partial charge in [0.2, 0.25) is 0 Å². The second-order valence-electron chi connectivity index (χ2n) is 5.54. The highest BCUT2D eigenvalue weighted by Gasteiger charge is 2.52. The van der Waals surface area contributed by atoms with Crippen molar-refractivity contribution in [2.45, 2.75) is 44.8 Å². The van der Waals surface area contributed by atoms with E-state index in [-0.39, 0.29) is 19.1 Å². The first-order valence-corrected chi connectivity index (χ1v) is 7.44. The summed E-state index contributed by atoms with van der Waals surface area (Å²) in [6, 6.07) is 0. The van der Waals surface area contributed by atoms with Gasteiger partial charge in [-0.25, -0.2) is 4.79 Å². The topological polar surface area (TPSA) is 41.6 Å². The maximum atomic E-state index is 12.7. The van der Waals surface area contributed by atoms with Crippen LogP contribution in [0, 0.1) is 5.92 Å². The van der Waals surface area contributed by atoms with Crippen LogP contribution in [0.25, 0.3) is 0 Å². The van der Waals surface area contributed by atoms with E-state index in [0.29, 0.717) is 13.0 Å². The number of likely N-dealkylation sites (N-methyl/N-ethyl adjacent to an activating group) is 1. The van der Waals surface area contributed by atoms with Crippen LogP contribution in [-0.2, 0) is 9.53 Å². The predicted octanol–water partition coefficient (Wildman–Crippen LogP) is 2.19. The van der Waals surface area contributed by atoms with Gasteiger partial charge >= 0.3 is 12.1 Å². The van der Waals surface area contributed by atoms with Gasteiger partial charge in [0.1, 0.15) is 5.54 Å². The van der Waals surface area contributed by atoms with Gasteiger partial charge in [0.15, 0.2) is 0 Å². The fourth-order valence-electron chi connectivity index (χ4n) is 2.72. The van der Waals surface area contributed by atoms with Crippen LogP contribution < -0.4 is 5.32 Å². The van der Waals surface area contributed by atoms with Crippen molar-refractivity contribution in [2.24, 2.45) is 5.92 Å². The molecule has 0 heterocycles. The SMILES string of the molecule is CCCN(CC(F)(F)F)CC(NC)(C(=O)OCC)C1CC1. The van der Waals surface area contributed by atoms with Crippen molar-refractivity contribution in [3.63, 3.8) is 0 Å². The van der Waals surface area contributed by atoms with E-state index in [9.17, 15) is 18.0 Å². The highest BCUT2D eigenvalue weighted by molar-refractivity contribution is 5.82. The number of hydrogen-bond donors (Lipinski definition) is 1. The Hall–Kier alpha value is -0.820. The summed E-state index contributed by atoms with van der Waals surface area (Å²) in [6.07, 6.45) is -1.99. The van der Waals surface area contributed by atoms with E-state index in [1.165, 1.54) is 4.90 Å². The average Bonchev–Trinajstić information content (AvgIpc) is 3.19. The van der Waals surface area contributed by atoms with Crippen molar-refractivity contribution in [3.8, 4) is 0 Å². The molecule has 21 heavy (non-hydrogen) atoms. The molecule has 1 atom stereocenters. The molecule has 0 bridgehead atoms. The number of carbonyl (C=O) groups excluding carboxylic acids is 1. The lowest BCUT2D eigenvalue weighted by molar-refractivity contribution is -0.161. The molecule has 1 aliphatic carbocycles. The maximum Gasteiger partial charge on any atom is 0.401 e. The van der Waals surface area contributed by atoms with Crippen LogP contribution in [0.5, 0.6) is 0 Å². The molecule has 124 valence electrons. The van der Waals surface area contributed by atoms with E-state index in [2.05, 4.69) is 5.32 Å². The van der Waals surface area contributed by atoms with Gasteiger partial charge in [0.05, 0.1) is 13.2 Å². The molecule has 0 aliphatic heterocycles. The largest absolute Gasteiger partial charge is 0.465 e. The summed E-state index contributed by atoms with van der Waals surface area (Å²) in [5.41, 5.74) is -1.03. The van der Waals surface area contributed by atoms with Crippen molar-refractivity contribution < 1.29 is 22.7 Å². The van der Waals surface area contributed by atoms with Crippen molar-refractivity contribution >= 4 is 5.97 Å². The Balaban J connectivity index is 2.88. The van der Waals surface area contributed by atoms with Crippen molar-refractivity contribution in [1.82, 2.24) is 10.2 Å². The summed E-state index contributed by atoms with van der Waals surface area (Å²) in [6.45, 7) is 3.07. The zero-order valence-electron chi connectivity index (χ0n) is 12.9. The standard InChI is InChI=1S/C14H25F3N2O2/c1-4-8-19(10-14(15,16)17)9-13(18-3,11-6-7-11)12(20)21-5-2/h11,18H,4-10H2,1-3H3. The first-order chi connectivity index (χ1) is 9.79. The number of rotatable bonds is 9. The van der Waals surface area contributed by atoms with E-state index in [1.807, 2.05) is 6.92 Å². The molecule has 0 aromatic rings. The molecule has 0 aromatic heterocycles. The van der Waals surface area contributed by atoms with E-state index in [0.717, 1.165) is 12.8 Å². The molecule has 1 N–H and O–H groups in total. The quantitative estimate of drug-likeness (QED) is 0.663. The molecule has 1 fully saturated rings. The van der Waals surface area contributed by atoms with Crippen LogP contribution >= 0.6 is 0 Å². The number of carbonyl (C=O) groups is 1. The molecule has 0 aromatic carbocycles. The van der Waals surface area contributed by atoms with E-state index in [1.54, 1.807) is 14.0 Å². The Bertz CT molecular complexity index is 346. The summed E-state index contributed by atoms with van der Waals surface area (Å²) >= 11 is 0. The number of halogens is 3. The zero-order chi connectivity index (χ0) is 16.1. The van der Waals surface area contributed by atoms with Crippen LogP contribution in [0.3, 0.4) is 0 Å². The van der Waals surface area contributed by atoms with Gasteiger partial charge in [-0.3, -0.25) is 4.90 Å². The number of alkyl halides is 3. The lowest BCUT2D eigenvalue weighted by atomic mass is 9.92. The fourth-order valence-corrected chi connectivity index (χ4v) is 2.72. The van der Waals surface area contributed by atoms with Crippen molar-refractivity contribution in [1.29, 1.82) is 0 Å². The summed E-state index contributed by atoms with van der Waals surface area (Å²) in [5, 5.41) is 2.95. The fraction of sp³-hybridized carbons (Fsp3) is 0.929. The van der Waals surface area contributed by atoms with Gasteiger partial charge in [-0.1, -0.05) is 6.92 Å². The molecule has 0 spiro atoms. The third-order valence-electron chi connectivity index (χ3n) is 3.78. The lowest BCUT2D eigenvalue weighted by Gasteiger charge is -2.36. The van der Waals surface area contributed by atoms with Gasteiger partial charge < -0.3 is 10.1 Å². The van der Waals surface area contributed by atoms with Crippen LogP contribution in [0.2, 0.25) is 0 Å². The Kier molecular flexibility index (Phi) is 6.46. The number of ether oxygens (including phenoxy) is 1. The average molecular weight is 310 g/mol. The predicted molar refractivity (Wildman–Crippen MR) is 73.9 cm³/mol. The van der Waals surface area contributed by atoms with E-state index in [4.69, 9.17) is 4.74 Å². The lowest BCUT2D eigenvalue weighted by Crippen LogP contribution is -2.61. The summed E-state index contributed by atoms with van der Waals surface area (Å²) in [4.78, 5) is 13.6. The first kappa shape index (κ1) is 18.2. The Morgan fingerprint density at radius 1 is 1.29 bits per heavy atom. The summed E-state index contributed by atoms with van der Waals surface area (Å²) in [5.74, 6) is -0.396. The second kappa shape index (κ2) is 7.45. The third-order valence-corrected chi connectivity index (χ3v) is 3.78. The minimum absolute atomic E-state index is 0.0281. The van der Waals surface area contributed by atoms with Crippen LogP contribution in [-0.4, -0.2) is 55.9 Å². The number of hydrogen-bond acceptors (Lipinski definition) is 4. The number of esters is 1. The van der Waals surface area contributed by atoms with Crippen LogP contribution in [0.15, 0.2) is 0 Å². The minimum atomic E-state index is -4.27. The molecule has 1 aliphatic rings. The number of nitrogens with one attached hydrogen (secondary N) is 1.